The van der Waals surface area contributed by atoms with Gasteiger partial charge in [0.05, 0.1) is 18.3 Å². The van der Waals surface area contributed by atoms with Crippen molar-refractivity contribution in [3.8, 4) is 0 Å². The minimum Gasteiger partial charge on any atom is -0.389 e. The van der Waals surface area contributed by atoms with E-state index in [-0.39, 0.29) is 6.10 Å². The van der Waals surface area contributed by atoms with E-state index in [1.807, 2.05) is 0 Å². The van der Waals surface area contributed by atoms with Gasteiger partial charge in [-0.05, 0) is 25.7 Å². The molecular weight excluding hydrogens is 192 g/mol. The van der Waals surface area contributed by atoms with Crippen molar-refractivity contribution in [1.82, 2.24) is 0 Å². The van der Waals surface area contributed by atoms with Gasteiger partial charge in [0.2, 0.25) is 0 Å². The second-order valence-electron chi connectivity index (χ2n) is 4.87. The summed E-state index contributed by atoms with van der Waals surface area (Å²) in [5, 5.41) is 10.6. The molecule has 2 rings (SSSR count). The van der Waals surface area contributed by atoms with Crippen molar-refractivity contribution in [3.63, 3.8) is 0 Å². The molecule has 2 fully saturated rings. The molecule has 2 aliphatic rings. The second kappa shape index (κ2) is 4.81. The van der Waals surface area contributed by atoms with Crippen LogP contribution >= 0.6 is 0 Å². The fraction of sp³-hybridized carbons (Fsp3) is 1.00. The van der Waals surface area contributed by atoms with E-state index in [1.165, 1.54) is 0 Å². The lowest BCUT2D eigenvalue weighted by atomic mass is 9.76. The molecule has 0 amide bonds. The maximum absolute atomic E-state index is 10.6. The van der Waals surface area contributed by atoms with Crippen LogP contribution in [0.25, 0.3) is 0 Å². The van der Waals surface area contributed by atoms with Crippen molar-refractivity contribution >= 4 is 0 Å². The van der Waals surface area contributed by atoms with E-state index in [0.717, 1.165) is 45.3 Å². The summed E-state index contributed by atoms with van der Waals surface area (Å²) < 4.78 is 11.1. The molecule has 1 N–H and O–H groups in total. The highest BCUT2D eigenvalue weighted by Gasteiger charge is 2.41. The quantitative estimate of drug-likeness (QED) is 0.761. The molecule has 88 valence electrons. The third-order valence-electron chi connectivity index (χ3n) is 3.85. The number of ether oxygens (including phenoxy) is 2. The van der Waals surface area contributed by atoms with Crippen LogP contribution in [0, 0.1) is 5.92 Å². The van der Waals surface area contributed by atoms with Crippen LogP contribution in [-0.2, 0) is 9.47 Å². The van der Waals surface area contributed by atoms with Gasteiger partial charge in [0, 0.05) is 25.6 Å². The van der Waals surface area contributed by atoms with Crippen LogP contribution in [0.5, 0.6) is 0 Å². The first-order valence-corrected chi connectivity index (χ1v) is 6.16. The van der Waals surface area contributed by atoms with E-state index in [9.17, 15) is 5.11 Å². The zero-order valence-electron chi connectivity index (χ0n) is 9.58. The minimum atomic E-state index is -0.528. The first-order chi connectivity index (χ1) is 7.24. The summed E-state index contributed by atoms with van der Waals surface area (Å²) in [5.41, 5.74) is -0.528. The minimum absolute atomic E-state index is 0.241. The van der Waals surface area contributed by atoms with Gasteiger partial charge < -0.3 is 14.6 Å². The van der Waals surface area contributed by atoms with Crippen molar-refractivity contribution in [2.75, 3.05) is 19.8 Å². The molecule has 0 bridgehead atoms. The lowest BCUT2D eigenvalue weighted by Gasteiger charge is -2.43. The highest BCUT2D eigenvalue weighted by Crippen LogP contribution is 2.36. The largest absolute Gasteiger partial charge is 0.389 e. The Bertz CT molecular complexity index is 201. The van der Waals surface area contributed by atoms with Crippen molar-refractivity contribution < 1.29 is 14.6 Å². The molecule has 0 aromatic rings. The van der Waals surface area contributed by atoms with Gasteiger partial charge in [-0.1, -0.05) is 6.92 Å². The molecule has 15 heavy (non-hydrogen) atoms. The van der Waals surface area contributed by atoms with Gasteiger partial charge in [-0.2, -0.15) is 0 Å². The van der Waals surface area contributed by atoms with Gasteiger partial charge >= 0.3 is 0 Å². The normalized spacial score (nSPS) is 42.8. The summed E-state index contributed by atoms with van der Waals surface area (Å²) in [5.74, 6) is 0.323. The van der Waals surface area contributed by atoms with Crippen LogP contribution in [0.1, 0.15) is 39.0 Å². The summed E-state index contributed by atoms with van der Waals surface area (Å²) in [4.78, 5) is 0. The van der Waals surface area contributed by atoms with Crippen LogP contribution in [-0.4, -0.2) is 36.6 Å². The monoisotopic (exact) mass is 214 g/mol. The summed E-state index contributed by atoms with van der Waals surface area (Å²) in [6, 6.07) is 0. The van der Waals surface area contributed by atoms with Crippen LogP contribution < -0.4 is 0 Å². The molecule has 0 spiro atoms. The molecule has 3 unspecified atom stereocenters. The average molecular weight is 214 g/mol. The Kier molecular flexibility index (Phi) is 3.65. The van der Waals surface area contributed by atoms with E-state index >= 15 is 0 Å². The fourth-order valence-corrected chi connectivity index (χ4v) is 2.76. The fourth-order valence-electron chi connectivity index (χ4n) is 2.76. The van der Waals surface area contributed by atoms with E-state index < -0.39 is 5.60 Å². The average Bonchev–Trinajstić information content (AvgIpc) is 2.30. The van der Waals surface area contributed by atoms with Gasteiger partial charge in [0.1, 0.15) is 0 Å². The Morgan fingerprint density at radius 1 is 1.40 bits per heavy atom. The molecular formula is C12H22O3. The third kappa shape index (κ3) is 2.52. The zero-order chi connectivity index (χ0) is 10.7. The summed E-state index contributed by atoms with van der Waals surface area (Å²) in [6.45, 7) is 4.41. The Balaban J connectivity index is 1.97. The van der Waals surface area contributed by atoms with Crippen molar-refractivity contribution in [2.45, 2.75) is 50.7 Å². The maximum atomic E-state index is 10.6. The summed E-state index contributed by atoms with van der Waals surface area (Å²) in [7, 11) is 0. The van der Waals surface area contributed by atoms with Crippen LogP contribution in [0.2, 0.25) is 0 Å². The molecule has 3 heteroatoms. The topological polar surface area (TPSA) is 38.7 Å². The molecule has 0 radical (unpaired) electrons. The Morgan fingerprint density at radius 2 is 2.27 bits per heavy atom. The van der Waals surface area contributed by atoms with Crippen LogP contribution in [0.15, 0.2) is 0 Å². The molecule has 2 heterocycles. The van der Waals surface area contributed by atoms with Gasteiger partial charge in [-0.3, -0.25) is 0 Å². The maximum Gasteiger partial charge on any atom is 0.0744 e. The molecule has 3 atom stereocenters. The van der Waals surface area contributed by atoms with E-state index in [0.29, 0.717) is 12.5 Å². The molecule has 0 saturated carbocycles. The van der Waals surface area contributed by atoms with Crippen LogP contribution in [0.3, 0.4) is 0 Å². The van der Waals surface area contributed by atoms with E-state index in [4.69, 9.17) is 9.47 Å². The van der Waals surface area contributed by atoms with E-state index in [2.05, 4.69) is 6.92 Å². The van der Waals surface area contributed by atoms with Crippen molar-refractivity contribution in [1.29, 1.82) is 0 Å². The SMILES string of the molecule is CCC1CC(O)(C2CCCOC2)CCO1. The summed E-state index contributed by atoms with van der Waals surface area (Å²) >= 11 is 0. The first-order valence-electron chi connectivity index (χ1n) is 6.16. The Hall–Kier alpha value is -0.120. The van der Waals surface area contributed by atoms with Crippen molar-refractivity contribution in [2.24, 2.45) is 5.92 Å². The van der Waals surface area contributed by atoms with Gasteiger partial charge in [-0.15, -0.1) is 0 Å². The second-order valence-corrected chi connectivity index (χ2v) is 4.87. The molecule has 2 saturated heterocycles. The zero-order valence-corrected chi connectivity index (χ0v) is 9.58. The molecule has 2 aliphatic heterocycles. The highest BCUT2D eigenvalue weighted by molar-refractivity contribution is 4.92. The number of hydrogen-bond acceptors (Lipinski definition) is 3. The van der Waals surface area contributed by atoms with E-state index in [1.54, 1.807) is 0 Å². The van der Waals surface area contributed by atoms with Crippen LogP contribution in [0.4, 0.5) is 0 Å². The van der Waals surface area contributed by atoms with Gasteiger partial charge in [-0.25, -0.2) is 0 Å². The molecule has 0 aliphatic carbocycles. The number of aliphatic hydroxyl groups is 1. The lowest BCUT2D eigenvalue weighted by molar-refractivity contribution is -0.154. The smallest absolute Gasteiger partial charge is 0.0744 e. The predicted octanol–water partition coefficient (Wildman–Crippen LogP) is 1.73. The molecule has 3 nitrogen and oxygen atoms in total. The van der Waals surface area contributed by atoms with Gasteiger partial charge in [0.25, 0.3) is 0 Å². The third-order valence-corrected chi connectivity index (χ3v) is 3.85. The first kappa shape index (κ1) is 11.4. The number of hydrogen-bond donors (Lipinski definition) is 1. The Labute approximate surface area is 91.8 Å². The highest BCUT2D eigenvalue weighted by atomic mass is 16.5. The Morgan fingerprint density at radius 3 is 2.93 bits per heavy atom. The summed E-state index contributed by atoms with van der Waals surface area (Å²) in [6.07, 6.45) is 4.99. The van der Waals surface area contributed by atoms with Crippen molar-refractivity contribution in [3.05, 3.63) is 0 Å². The lowest BCUT2D eigenvalue weighted by Crippen LogP contribution is -2.49. The number of rotatable bonds is 2. The molecule has 0 aromatic carbocycles. The standard InChI is InChI=1S/C12H22O3/c1-2-11-8-12(13,5-7-15-11)10-4-3-6-14-9-10/h10-11,13H,2-9H2,1H3. The molecule has 0 aromatic heterocycles. The van der Waals surface area contributed by atoms with Gasteiger partial charge in [0.15, 0.2) is 0 Å². The predicted molar refractivity (Wildman–Crippen MR) is 57.8 cm³/mol.